The number of benzene rings is 1. The number of ether oxygens (including phenoxy) is 1. The fourth-order valence-electron chi connectivity index (χ4n) is 2.83. The summed E-state index contributed by atoms with van der Waals surface area (Å²) in [4.78, 5) is 12.7. The molecule has 0 saturated carbocycles. The highest BCUT2D eigenvalue weighted by Gasteiger charge is 2.28. The van der Waals surface area contributed by atoms with Gasteiger partial charge in [0.1, 0.15) is 17.1 Å². The minimum absolute atomic E-state index is 0.255. The number of nitrogens with zero attached hydrogens (tertiary/aromatic N) is 2. The summed E-state index contributed by atoms with van der Waals surface area (Å²) in [6, 6.07) is 8.02. The third-order valence-electron chi connectivity index (χ3n) is 4.24. The van der Waals surface area contributed by atoms with Crippen molar-refractivity contribution in [3.05, 3.63) is 73.2 Å². The van der Waals surface area contributed by atoms with Crippen LogP contribution in [-0.2, 0) is 6.54 Å². The molecule has 164 valence electrons. The van der Waals surface area contributed by atoms with Gasteiger partial charge in [-0.2, -0.15) is 5.10 Å². The molecule has 2 heterocycles. The van der Waals surface area contributed by atoms with Gasteiger partial charge in [0.2, 0.25) is 0 Å². The van der Waals surface area contributed by atoms with Crippen LogP contribution in [0.5, 0.6) is 5.75 Å². The number of rotatable bonds is 8. The van der Waals surface area contributed by atoms with E-state index in [4.69, 9.17) is 27.9 Å². The molecule has 0 aliphatic carbocycles. The number of methoxy groups -OCH3 is 1. The number of thiophene rings is 1. The van der Waals surface area contributed by atoms with Crippen LogP contribution in [0.2, 0.25) is 9.36 Å². The Morgan fingerprint density at radius 3 is 2.52 bits per heavy atom. The Bertz CT molecular complexity index is 1130. The zero-order chi connectivity index (χ0) is 22.7. The van der Waals surface area contributed by atoms with Crippen LogP contribution >= 0.6 is 34.5 Å². The van der Waals surface area contributed by atoms with Crippen LogP contribution in [0.4, 0.5) is 17.6 Å². The Balaban J connectivity index is 1.92. The lowest BCUT2D eigenvalue weighted by Gasteiger charge is -2.12. The second-order valence-corrected chi connectivity index (χ2v) is 8.31. The van der Waals surface area contributed by atoms with Gasteiger partial charge in [0.25, 0.3) is 12.9 Å². The quantitative estimate of drug-likeness (QED) is 0.191. The maximum Gasteiger partial charge on any atom is 0.283 e. The van der Waals surface area contributed by atoms with E-state index in [2.05, 4.69) is 5.10 Å². The number of alkyl halides is 4. The van der Waals surface area contributed by atoms with Crippen molar-refractivity contribution >= 4 is 46.4 Å². The van der Waals surface area contributed by atoms with Gasteiger partial charge in [-0.05, 0) is 35.9 Å². The first kappa shape index (κ1) is 23.3. The molecule has 1 aromatic carbocycles. The van der Waals surface area contributed by atoms with Crippen LogP contribution in [0, 0.1) is 0 Å². The first-order valence-electron chi connectivity index (χ1n) is 8.68. The minimum Gasteiger partial charge on any atom is -0.496 e. The van der Waals surface area contributed by atoms with E-state index in [0.29, 0.717) is 26.1 Å². The van der Waals surface area contributed by atoms with E-state index in [-0.39, 0.29) is 12.3 Å². The Morgan fingerprint density at radius 2 is 1.94 bits per heavy atom. The molecule has 0 bridgehead atoms. The standard InChI is InChI=1S/C20H14Cl2F4N2O2S/c1-30-13-5-3-10(2-4-12(29)14-6-7-15(21)31-14)8-11(13)9-28-18(20(25)26)16(22)17(27-28)19(23)24/h2-8,19-20H,9H2,1H3/b4-2+. The zero-order valence-corrected chi connectivity index (χ0v) is 18.1. The van der Waals surface area contributed by atoms with Gasteiger partial charge in [-0.3, -0.25) is 9.48 Å². The average molecular weight is 493 g/mol. The molecular weight excluding hydrogens is 479 g/mol. The maximum absolute atomic E-state index is 13.4. The van der Waals surface area contributed by atoms with Crippen molar-refractivity contribution in [2.75, 3.05) is 7.11 Å². The number of carbonyl (C=O) groups is 1. The molecule has 0 aliphatic rings. The van der Waals surface area contributed by atoms with Crippen LogP contribution < -0.4 is 4.74 Å². The number of hydrogen-bond donors (Lipinski definition) is 0. The molecule has 0 aliphatic heterocycles. The summed E-state index contributed by atoms with van der Waals surface area (Å²) in [5, 5.41) is 2.80. The van der Waals surface area contributed by atoms with Gasteiger partial charge in [0, 0.05) is 5.56 Å². The Hall–Kier alpha value is -2.36. The number of hydrogen-bond acceptors (Lipinski definition) is 4. The largest absolute Gasteiger partial charge is 0.496 e. The molecule has 0 N–H and O–H groups in total. The summed E-state index contributed by atoms with van der Waals surface area (Å²) in [7, 11) is 1.38. The maximum atomic E-state index is 13.4. The molecule has 0 saturated heterocycles. The van der Waals surface area contributed by atoms with E-state index < -0.39 is 29.3 Å². The van der Waals surface area contributed by atoms with E-state index in [1.807, 2.05) is 0 Å². The van der Waals surface area contributed by atoms with Gasteiger partial charge in [0.15, 0.2) is 5.78 Å². The van der Waals surface area contributed by atoms with Crippen molar-refractivity contribution in [2.24, 2.45) is 0 Å². The Labute approximate surface area is 188 Å². The molecule has 4 nitrogen and oxygen atoms in total. The number of aromatic nitrogens is 2. The van der Waals surface area contributed by atoms with Gasteiger partial charge in [-0.15, -0.1) is 11.3 Å². The molecular formula is C20H14Cl2F4N2O2S. The highest BCUT2D eigenvalue weighted by Crippen LogP contribution is 2.35. The van der Waals surface area contributed by atoms with E-state index in [1.54, 1.807) is 30.3 Å². The Kier molecular flexibility index (Phi) is 7.40. The van der Waals surface area contributed by atoms with Crippen molar-refractivity contribution in [3.63, 3.8) is 0 Å². The number of ketones is 1. The van der Waals surface area contributed by atoms with E-state index in [1.165, 1.54) is 19.3 Å². The van der Waals surface area contributed by atoms with E-state index in [0.717, 1.165) is 16.0 Å². The molecule has 3 aromatic rings. The summed E-state index contributed by atoms with van der Waals surface area (Å²) in [5.74, 6) is 0.0774. The summed E-state index contributed by atoms with van der Waals surface area (Å²) in [6.07, 6.45) is -3.32. The lowest BCUT2D eigenvalue weighted by molar-refractivity contribution is 0.105. The lowest BCUT2D eigenvalue weighted by Crippen LogP contribution is -2.08. The molecule has 0 radical (unpaired) electrons. The third-order valence-corrected chi connectivity index (χ3v) is 5.87. The summed E-state index contributed by atoms with van der Waals surface area (Å²) in [5.41, 5.74) is -0.757. The minimum atomic E-state index is -3.10. The summed E-state index contributed by atoms with van der Waals surface area (Å²) in [6.45, 7) is -0.286. The number of carbonyl (C=O) groups excluding carboxylic acids is 1. The molecule has 3 rings (SSSR count). The normalized spacial score (nSPS) is 11.8. The fraction of sp³-hybridized carbons (Fsp3) is 0.200. The van der Waals surface area contributed by atoms with Crippen molar-refractivity contribution < 1.29 is 27.1 Å². The molecule has 0 unspecified atom stereocenters. The predicted molar refractivity (Wildman–Crippen MR) is 112 cm³/mol. The SMILES string of the molecule is COc1ccc(/C=C/C(=O)c2ccc(Cl)s2)cc1Cn1nc(C(F)F)c(Cl)c1C(F)F. The average Bonchev–Trinajstić information content (AvgIpc) is 3.29. The molecule has 0 atom stereocenters. The highest BCUT2D eigenvalue weighted by atomic mass is 35.5. The fourth-order valence-corrected chi connectivity index (χ4v) is 4.09. The van der Waals surface area contributed by atoms with Gasteiger partial charge in [0.05, 0.1) is 27.9 Å². The van der Waals surface area contributed by atoms with Crippen LogP contribution in [0.1, 0.15) is 45.0 Å². The Morgan fingerprint density at radius 1 is 1.19 bits per heavy atom. The molecule has 0 amide bonds. The van der Waals surface area contributed by atoms with Crippen molar-refractivity contribution in [3.8, 4) is 5.75 Å². The lowest BCUT2D eigenvalue weighted by atomic mass is 10.1. The van der Waals surface area contributed by atoms with Crippen LogP contribution in [0.3, 0.4) is 0 Å². The van der Waals surface area contributed by atoms with Gasteiger partial charge < -0.3 is 4.74 Å². The van der Waals surface area contributed by atoms with Crippen molar-refractivity contribution in [1.82, 2.24) is 9.78 Å². The molecule has 0 spiro atoms. The van der Waals surface area contributed by atoms with Crippen LogP contribution in [0.25, 0.3) is 6.08 Å². The molecule has 0 fully saturated rings. The molecule has 2 aromatic heterocycles. The first-order chi connectivity index (χ1) is 14.7. The van der Waals surface area contributed by atoms with E-state index in [9.17, 15) is 22.4 Å². The van der Waals surface area contributed by atoms with Crippen LogP contribution in [0.15, 0.2) is 36.4 Å². The van der Waals surface area contributed by atoms with Gasteiger partial charge in [-0.1, -0.05) is 35.3 Å². The topological polar surface area (TPSA) is 44.1 Å². The monoisotopic (exact) mass is 492 g/mol. The summed E-state index contributed by atoms with van der Waals surface area (Å²) >= 11 is 12.7. The number of halogens is 6. The van der Waals surface area contributed by atoms with Crippen molar-refractivity contribution in [2.45, 2.75) is 19.4 Å². The second kappa shape index (κ2) is 9.84. The number of allylic oxidation sites excluding steroid dienone is 1. The highest BCUT2D eigenvalue weighted by molar-refractivity contribution is 7.18. The predicted octanol–water partition coefficient (Wildman–Crippen LogP) is 7.08. The zero-order valence-electron chi connectivity index (χ0n) is 15.8. The van der Waals surface area contributed by atoms with Crippen molar-refractivity contribution in [1.29, 1.82) is 0 Å². The van der Waals surface area contributed by atoms with Gasteiger partial charge in [-0.25, -0.2) is 17.6 Å². The van der Waals surface area contributed by atoms with E-state index >= 15 is 0 Å². The molecule has 31 heavy (non-hydrogen) atoms. The molecule has 11 heteroatoms. The van der Waals surface area contributed by atoms with Crippen LogP contribution in [-0.4, -0.2) is 22.7 Å². The summed E-state index contributed by atoms with van der Waals surface area (Å²) < 4.78 is 59.5. The smallest absolute Gasteiger partial charge is 0.283 e. The second-order valence-electron chi connectivity index (χ2n) is 6.22. The van der Waals surface area contributed by atoms with Gasteiger partial charge >= 0.3 is 0 Å². The third kappa shape index (κ3) is 5.28. The first-order valence-corrected chi connectivity index (χ1v) is 10.3.